The summed E-state index contributed by atoms with van der Waals surface area (Å²) in [6, 6.07) is 7.88. The fraction of sp³-hybridized carbons (Fsp3) is 0.300. The van der Waals surface area contributed by atoms with Gasteiger partial charge in [-0.15, -0.1) is 21.5 Å². The van der Waals surface area contributed by atoms with E-state index in [1.54, 1.807) is 18.4 Å². The molecular weight excluding hydrogens is 438 g/mol. The van der Waals surface area contributed by atoms with Gasteiger partial charge in [0.25, 0.3) is 5.91 Å². The molecule has 0 aliphatic heterocycles. The number of rotatable bonds is 9. The quantitative estimate of drug-likeness (QED) is 0.399. The van der Waals surface area contributed by atoms with Crippen LogP contribution in [-0.2, 0) is 17.6 Å². The molecule has 2 heterocycles. The lowest BCUT2D eigenvalue weighted by atomic mass is 10.0. The average Bonchev–Trinajstić information content (AvgIpc) is 3.37. The van der Waals surface area contributed by atoms with Gasteiger partial charge in [-0.05, 0) is 42.3 Å². The summed E-state index contributed by atoms with van der Waals surface area (Å²) in [6.45, 7) is 6.03. The van der Waals surface area contributed by atoms with E-state index in [2.05, 4.69) is 52.9 Å². The minimum absolute atomic E-state index is 0.223. The van der Waals surface area contributed by atoms with Crippen molar-refractivity contribution in [1.29, 1.82) is 0 Å². The number of anilines is 3. The molecule has 2 amide bonds. The van der Waals surface area contributed by atoms with E-state index in [4.69, 9.17) is 5.73 Å². The molecule has 0 fully saturated rings. The number of aryl methyl sites for hydroxylation is 2. The van der Waals surface area contributed by atoms with E-state index in [0.29, 0.717) is 20.0 Å². The molecule has 0 aliphatic carbocycles. The van der Waals surface area contributed by atoms with Crippen LogP contribution >= 0.6 is 34.4 Å². The number of thioether (sulfide) groups is 1. The van der Waals surface area contributed by atoms with Crippen LogP contribution < -0.4 is 16.4 Å². The maximum atomic E-state index is 12.5. The molecule has 3 aromatic rings. The molecule has 1 unspecified atom stereocenters. The van der Waals surface area contributed by atoms with Crippen LogP contribution in [0.25, 0.3) is 0 Å². The third-order valence-electron chi connectivity index (χ3n) is 4.45. The lowest BCUT2D eigenvalue weighted by Gasteiger charge is -2.13. The molecule has 7 nitrogen and oxygen atoms in total. The number of hydrogen-bond acceptors (Lipinski definition) is 8. The Labute approximate surface area is 187 Å². The summed E-state index contributed by atoms with van der Waals surface area (Å²) in [6.07, 6.45) is 1.84. The number of amides is 2. The number of carbonyl (C=O) groups is 2. The van der Waals surface area contributed by atoms with Gasteiger partial charge >= 0.3 is 0 Å². The van der Waals surface area contributed by atoms with E-state index in [0.717, 1.165) is 18.5 Å². The minimum atomic E-state index is -0.564. The van der Waals surface area contributed by atoms with Gasteiger partial charge in [0.1, 0.15) is 5.00 Å². The summed E-state index contributed by atoms with van der Waals surface area (Å²) in [5.74, 6) is -0.787. The summed E-state index contributed by atoms with van der Waals surface area (Å²) < 4.78 is 0.688. The molecule has 0 saturated heterocycles. The second-order valence-corrected chi connectivity index (χ2v) is 9.92. The van der Waals surface area contributed by atoms with E-state index in [9.17, 15) is 9.59 Å². The first-order valence-electron chi connectivity index (χ1n) is 9.49. The molecule has 1 aromatic carbocycles. The number of thiophene rings is 1. The van der Waals surface area contributed by atoms with E-state index < -0.39 is 11.2 Å². The van der Waals surface area contributed by atoms with Crippen molar-refractivity contribution >= 4 is 62.1 Å². The third kappa shape index (κ3) is 5.18. The van der Waals surface area contributed by atoms with Crippen LogP contribution in [0.1, 0.15) is 42.3 Å². The Morgan fingerprint density at radius 2 is 1.87 bits per heavy atom. The second kappa shape index (κ2) is 10.1. The van der Waals surface area contributed by atoms with Crippen molar-refractivity contribution in [2.24, 2.45) is 5.73 Å². The molecular formula is C20H23N5O2S3. The molecule has 2 aromatic heterocycles. The Balaban J connectivity index is 1.66. The molecule has 0 spiro atoms. The summed E-state index contributed by atoms with van der Waals surface area (Å²) >= 11 is 3.99. The van der Waals surface area contributed by atoms with Gasteiger partial charge in [-0.1, -0.05) is 55.1 Å². The molecule has 158 valence electrons. The highest BCUT2D eigenvalue weighted by Gasteiger charge is 2.20. The van der Waals surface area contributed by atoms with Gasteiger partial charge in [0, 0.05) is 5.69 Å². The van der Waals surface area contributed by atoms with Gasteiger partial charge in [0.05, 0.1) is 10.8 Å². The first kappa shape index (κ1) is 22.3. The highest BCUT2D eigenvalue weighted by molar-refractivity contribution is 8.02. The topological polar surface area (TPSA) is 110 Å². The number of para-hydroxylation sites is 1. The van der Waals surface area contributed by atoms with Crippen LogP contribution in [0.15, 0.2) is 34.0 Å². The smallest absolute Gasteiger partial charge is 0.251 e. The maximum Gasteiger partial charge on any atom is 0.251 e. The third-order valence-corrected chi connectivity index (χ3v) is 7.30. The first-order chi connectivity index (χ1) is 14.4. The van der Waals surface area contributed by atoms with E-state index in [1.165, 1.54) is 45.6 Å². The average molecular weight is 462 g/mol. The van der Waals surface area contributed by atoms with Crippen LogP contribution in [0, 0.1) is 0 Å². The largest absolute Gasteiger partial charge is 0.366 e. The molecule has 0 aliphatic rings. The van der Waals surface area contributed by atoms with Crippen LogP contribution in [0.4, 0.5) is 15.8 Å². The van der Waals surface area contributed by atoms with E-state index >= 15 is 0 Å². The van der Waals surface area contributed by atoms with Crippen LogP contribution in [0.2, 0.25) is 0 Å². The van der Waals surface area contributed by atoms with Crippen LogP contribution in [-0.4, -0.2) is 27.3 Å². The predicted molar refractivity (Wildman–Crippen MR) is 125 cm³/mol. The lowest BCUT2D eigenvalue weighted by molar-refractivity contribution is -0.115. The van der Waals surface area contributed by atoms with Crippen molar-refractivity contribution in [2.45, 2.75) is 43.2 Å². The van der Waals surface area contributed by atoms with Crippen molar-refractivity contribution in [2.75, 3.05) is 10.6 Å². The number of carbonyl (C=O) groups excluding carboxylic acids is 2. The molecule has 3 rings (SSSR count). The van der Waals surface area contributed by atoms with Crippen LogP contribution in [0.3, 0.4) is 0 Å². The zero-order chi connectivity index (χ0) is 21.7. The maximum absolute atomic E-state index is 12.5. The molecule has 0 radical (unpaired) electrons. The highest BCUT2D eigenvalue weighted by atomic mass is 32.2. The SMILES string of the molecule is CCc1cccc(CC)c1Nc1nnc(SC(C)C(=O)Nc2sccc2C(N)=O)s1. The molecule has 30 heavy (non-hydrogen) atoms. The van der Waals surface area contributed by atoms with Crippen molar-refractivity contribution in [1.82, 2.24) is 10.2 Å². The minimum Gasteiger partial charge on any atom is -0.366 e. The number of benzene rings is 1. The first-order valence-corrected chi connectivity index (χ1v) is 12.1. The number of nitrogens with one attached hydrogen (secondary N) is 2. The molecule has 0 saturated carbocycles. The summed E-state index contributed by atoms with van der Waals surface area (Å²) in [7, 11) is 0. The highest BCUT2D eigenvalue weighted by Crippen LogP contribution is 2.33. The van der Waals surface area contributed by atoms with Crippen molar-refractivity contribution in [3.63, 3.8) is 0 Å². The monoisotopic (exact) mass is 461 g/mol. The Bertz CT molecular complexity index is 1020. The van der Waals surface area contributed by atoms with Gasteiger partial charge < -0.3 is 16.4 Å². The second-order valence-electron chi connectivity index (χ2n) is 6.43. The zero-order valence-electron chi connectivity index (χ0n) is 16.9. The predicted octanol–water partition coefficient (Wildman–Crippen LogP) is 4.69. The van der Waals surface area contributed by atoms with Gasteiger partial charge in [0.2, 0.25) is 11.0 Å². The molecule has 1 atom stereocenters. The number of primary amides is 1. The van der Waals surface area contributed by atoms with Crippen molar-refractivity contribution in [3.8, 4) is 0 Å². The molecule has 0 bridgehead atoms. The lowest BCUT2D eigenvalue weighted by Crippen LogP contribution is -2.23. The van der Waals surface area contributed by atoms with E-state index in [1.807, 2.05) is 0 Å². The number of aromatic nitrogens is 2. The van der Waals surface area contributed by atoms with Gasteiger partial charge in [-0.3, -0.25) is 9.59 Å². The fourth-order valence-corrected chi connectivity index (χ4v) is 5.53. The van der Waals surface area contributed by atoms with E-state index in [-0.39, 0.29) is 5.91 Å². The Morgan fingerprint density at radius 1 is 1.17 bits per heavy atom. The molecule has 4 N–H and O–H groups in total. The summed E-state index contributed by atoms with van der Waals surface area (Å²) in [5, 5.41) is 17.1. The van der Waals surface area contributed by atoms with Crippen molar-refractivity contribution in [3.05, 3.63) is 46.3 Å². The number of nitrogens with two attached hydrogens (primary N) is 1. The zero-order valence-corrected chi connectivity index (χ0v) is 19.3. The number of hydrogen-bond donors (Lipinski definition) is 3. The summed E-state index contributed by atoms with van der Waals surface area (Å²) in [4.78, 5) is 23.9. The Morgan fingerprint density at radius 3 is 2.50 bits per heavy atom. The Kier molecular flexibility index (Phi) is 7.46. The normalized spacial score (nSPS) is 11.8. The molecule has 10 heteroatoms. The van der Waals surface area contributed by atoms with Gasteiger partial charge in [-0.25, -0.2) is 0 Å². The summed E-state index contributed by atoms with van der Waals surface area (Å²) in [5.41, 5.74) is 9.18. The van der Waals surface area contributed by atoms with Gasteiger partial charge in [0.15, 0.2) is 4.34 Å². The number of nitrogens with zero attached hydrogens (tertiary/aromatic N) is 2. The Hall–Kier alpha value is -2.43. The van der Waals surface area contributed by atoms with Crippen molar-refractivity contribution < 1.29 is 9.59 Å². The fourth-order valence-electron chi connectivity index (χ4n) is 2.84. The standard InChI is InChI=1S/C20H23N5O2S3/c1-4-12-7-6-8-13(5-2)15(12)22-19-24-25-20(30-19)29-11(3)17(27)23-18-14(16(21)26)9-10-28-18/h6-11H,4-5H2,1-3H3,(H2,21,26)(H,22,24)(H,23,27). The van der Waals surface area contributed by atoms with Gasteiger partial charge in [-0.2, -0.15) is 0 Å². The van der Waals surface area contributed by atoms with Crippen LogP contribution in [0.5, 0.6) is 0 Å².